The van der Waals surface area contributed by atoms with Gasteiger partial charge < -0.3 is 9.64 Å². The summed E-state index contributed by atoms with van der Waals surface area (Å²) in [6, 6.07) is 12.5. The minimum atomic E-state index is -3.86. The van der Waals surface area contributed by atoms with Crippen LogP contribution in [0.3, 0.4) is 0 Å². The monoisotopic (exact) mass is 494 g/mol. The molecule has 162 valence electrons. The highest BCUT2D eigenvalue weighted by atomic mass is 79.9. The summed E-state index contributed by atoms with van der Waals surface area (Å²) in [4.78, 5) is 15.1. The van der Waals surface area contributed by atoms with Crippen LogP contribution in [0.25, 0.3) is 0 Å². The van der Waals surface area contributed by atoms with E-state index in [1.807, 2.05) is 29.2 Å². The molecule has 0 bridgehead atoms. The number of nitrogens with zero attached hydrogens (tertiary/aromatic N) is 1. The maximum absolute atomic E-state index is 13.3. The van der Waals surface area contributed by atoms with Crippen LogP contribution >= 0.6 is 15.9 Å². The van der Waals surface area contributed by atoms with Crippen LogP contribution in [0, 0.1) is 0 Å². The summed E-state index contributed by atoms with van der Waals surface area (Å²) in [7, 11) is -2.45. The fourth-order valence-corrected chi connectivity index (χ4v) is 5.56. The van der Waals surface area contributed by atoms with Crippen LogP contribution < -0.4 is 9.46 Å². The number of rotatable bonds is 5. The molecule has 1 heterocycles. The molecule has 3 rings (SSSR count). The summed E-state index contributed by atoms with van der Waals surface area (Å²) in [5.41, 5.74) is 0.736. The molecule has 1 aliphatic heterocycles. The summed E-state index contributed by atoms with van der Waals surface area (Å²) < 4.78 is 34.7. The van der Waals surface area contributed by atoms with E-state index in [9.17, 15) is 13.2 Å². The molecule has 1 amide bonds. The lowest BCUT2D eigenvalue weighted by Gasteiger charge is -2.26. The SMILES string of the molecule is COc1ccc(C(=O)N2CCCC2c2ccc(Br)cc2)cc1S(=O)(=O)NC(C)(C)C. The van der Waals surface area contributed by atoms with Crippen molar-refractivity contribution in [2.45, 2.75) is 50.1 Å². The Morgan fingerprint density at radius 2 is 1.83 bits per heavy atom. The highest BCUT2D eigenvalue weighted by molar-refractivity contribution is 9.10. The van der Waals surface area contributed by atoms with Gasteiger partial charge in [-0.05, 0) is 69.5 Å². The average Bonchev–Trinajstić information content (AvgIpc) is 3.15. The van der Waals surface area contributed by atoms with Crippen LogP contribution in [-0.2, 0) is 10.0 Å². The first-order chi connectivity index (χ1) is 14.0. The molecule has 1 atom stereocenters. The molecule has 0 radical (unpaired) electrons. The zero-order valence-electron chi connectivity index (χ0n) is 17.6. The van der Waals surface area contributed by atoms with E-state index in [1.165, 1.54) is 19.2 Å². The maximum Gasteiger partial charge on any atom is 0.254 e. The molecule has 1 fully saturated rings. The zero-order chi connectivity index (χ0) is 22.1. The van der Waals surface area contributed by atoms with Gasteiger partial charge >= 0.3 is 0 Å². The van der Waals surface area contributed by atoms with Gasteiger partial charge in [0, 0.05) is 22.1 Å². The van der Waals surface area contributed by atoms with Gasteiger partial charge in [-0.1, -0.05) is 28.1 Å². The Morgan fingerprint density at radius 3 is 2.43 bits per heavy atom. The molecule has 0 aliphatic carbocycles. The van der Waals surface area contributed by atoms with Crippen molar-refractivity contribution in [1.82, 2.24) is 9.62 Å². The van der Waals surface area contributed by atoms with Gasteiger partial charge in [-0.2, -0.15) is 0 Å². The Labute approximate surface area is 186 Å². The topological polar surface area (TPSA) is 75.7 Å². The lowest BCUT2D eigenvalue weighted by atomic mass is 10.0. The molecule has 0 spiro atoms. The second-order valence-corrected chi connectivity index (χ2v) is 11.0. The van der Waals surface area contributed by atoms with Gasteiger partial charge in [-0.3, -0.25) is 4.79 Å². The molecule has 2 aromatic carbocycles. The number of sulfonamides is 1. The third-order valence-electron chi connectivity index (χ3n) is 4.91. The minimum Gasteiger partial charge on any atom is -0.495 e. The Hall–Kier alpha value is -1.90. The van der Waals surface area contributed by atoms with Gasteiger partial charge in [0.05, 0.1) is 13.2 Å². The van der Waals surface area contributed by atoms with Gasteiger partial charge in [0.15, 0.2) is 0 Å². The third kappa shape index (κ3) is 5.04. The lowest BCUT2D eigenvalue weighted by Crippen LogP contribution is -2.40. The van der Waals surface area contributed by atoms with Gasteiger partial charge in [0.2, 0.25) is 10.0 Å². The van der Waals surface area contributed by atoms with Crippen molar-refractivity contribution >= 4 is 31.9 Å². The second kappa shape index (κ2) is 8.69. The summed E-state index contributed by atoms with van der Waals surface area (Å²) in [5, 5.41) is 0. The van der Waals surface area contributed by atoms with E-state index < -0.39 is 15.6 Å². The predicted molar refractivity (Wildman–Crippen MR) is 120 cm³/mol. The van der Waals surface area contributed by atoms with Crippen molar-refractivity contribution in [3.8, 4) is 5.75 Å². The molecule has 0 aromatic heterocycles. The van der Waals surface area contributed by atoms with E-state index in [4.69, 9.17) is 4.74 Å². The number of ether oxygens (including phenoxy) is 1. The highest BCUT2D eigenvalue weighted by Gasteiger charge is 2.32. The number of benzene rings is 2. The smallest absolute Gasteiger partial charge is 0.254 e. The lowest BCUT2D eigenvalue weighted by molar-refractivity contribution is 0.0735. The maximum atomic E-state index is 13.3. The molecule has 2 aromatic rings. The third-order valence-corrected chi connectivity index (χ3v) is 7.22. The first kappa shape index (κ1) is 22.8. The molecule has 30 heavy (non-hydrogen) atoms. The number of hydrogen-bond donors (Lipinski definition) is 1. The van der Waals surface area contributed by atoms with Gasteiger partial charge in [0.1, 0.15) is 10.6 Å². The van der Waals surface area contributed by atoms with Crippen LogP contribution in [0.2, 0.25) is 0 Å². The number of likely N-dealkylation sites (tertiary alicyclic amines) is 1. The van der Waals surface area contributed by atoms with Crippen molar-refractivity contribution in [1.29, 1.82) is 0 Å². The molecule has 1 aliphatic rings. The normalized spacial score (nSPS) is 17.2. The molecule has 6 nitrogen and oxygen atoms in total. The molecule has 0 saturated carbocycles. The predicted octanol–water partition coefficient (Wildman–Crippen LogP) is 4.51. The average molecular weight is 495 g/mol. The molecular weight excluding hydrogens is 468 g/mol. The molecule has 8 heteroatoms. The Kier molecular flexibility index (Phi) is 6.60. The Balaban J connectivity index is 1.95. The number of nitrogens with one attached hydrogen (secondary N) is 1. The highest BCUT2D eigenvalue weighted by Crippen LogP contribution is 2.35. The van der Waals surface area contributed by atoms with Crippen molar-refractivity contribution < 1.29 is 17.9 Å². The fourth-order valence-electron chi connectivity index (χ4n) is 3.68. The molecular formula is C22H27BrN2O4S. The first-order valence-corrected chi connectivity index (χ1v) is 12.1. The Morgan fingerprint density at radius 1 is 1.17 bits per heavy atom. The van der Waals surface area contributed by atoms with Crippen molar-refractivity contribution in [3.05, 3.63) is 58.1 Å². The quantitative estimate of drug-likeness (QED) is 0.663. The van der Waals surface area contributed by atoms with E-state index in [2.05, 4.69) is 20.7 Å². The van der Waals surface area contributed by atoms with Crippen LogP contribution in [0.5, 0.6) is 5.75 Å². The summed E-state index contributed by atoms with van der Waals surface area (Å²) in [6.07, 6.45) is 1.78. The number of amides is 1. The van der Waals surface area contributed by atoms with E-state index >= 15 is 0 Å². The van der Waals surface area contributed by atoms with Crippen molar-refractivity contribution in [3.63, 3.8) is 0 Å². The van der Waals surface area contributed by atoms with Crippen LogP contribution in [-0.4, -0.2) is 38.4 Å². The summed E-state index contributed by atoms with van der Waals surface area (Å²) >= 11 is 3.44. The second-order valence-electron chi connectivity index (χ2n) is 8.43. The van der Waals surface area contributed by atoms with E-state index in [-0.39, 0.29) is 22.6 Å². The van der Waals surface area contributed by atoms with Gasteiger partial charge in [-0.15, -0.1) is 0 Å². The number of hydrogen-bond acceptors (Lipinski definition) is 4. The molecule has 1 saturated heterocycles. The number of methoxy groups -OCH3 is 1. The summed E-state index contributed by atoms with van der Waals surface area (Å²) in [6.45, 7) is 5.92. The van der Waals surface area contributed by atoms with Crippen LogP contribution in [0.15, 0.2) is 51.8 Å². The largest absolute Gasteiger partial charge is 0.495 e. The van der Waals surface area contributed by atoms with E-state index in [1.54, 1.807) is 26.8 Å². The summed E-state index contributed by atoms with van der Waals surface area (Å²) in [5.74, 6) is 0.0180. The van der Waals surface area contributed by atoms with Gasteiger partial charge in [-0.25, -0.2) is 13.1 Å². The van der Waals surface area contributed by atoms with Crippen molar-refractivity contribution in [2.75, 3.05) is 13.7 Å². The number of halogens is 1. The van der Waals surface area contributed by atoms with E-state index in [0.29, 0.717) is 12.1 Å². The molecule has 1 unspecified atom stereocenters. The standard InChI is InChI=1S/C22H27BrN2O4S/c1-22(2,3)24-30(27,28)20-14-16(9-12-19(20)29-4)21(26)25-13-5-6-18(25)15-7-10-17(23)11-8-15/h7-12,14,18,24H,5-6,13H2,1-4H3. The minimum absolute atomic E-state index is 0.0274. The first-order valence-electron chi connectivity index (χ1n) is 9.80. The fraction of sp³-hybridized carbons (Fsp3) is 0.409. The van der Waals surface area contributed by atoms with Gasteiger partial charge in [0.25, 0.3) is 5.91 Å². The number of carbonyl (C=O) groups excluding carboxylic acids is 1. The van der Waals surface area contributed by atoms with Crippen molar-refractivity contribution in [2.24, 2.45) is 0 Å². The van der Waals surface area contributed by atoms with E-state index in [0.717, 1.165) is 22.9 Å². The Bertz CT molecular complexity index is 1030. The zero-order valence-corrected chi connectivity index (χ0v) is 20.0. The molecule has 1 N–H and O–H groups in total. The van der Waals surface area contributed by atoms with Crippen LogP contribution in [0.4, 0.5) is 0 Å². The number of carbonyl (C=O) groups is 1. The van der Waals surface area contributed by atoms with Crippen LogP contribution in [0.1, 0.15) is 55.6 Å².